The van der Waals surface area contributed by atoms with Crippen molar-refractivity contribution in [3.05, 3.63) is 40.5 Å². The second-order valence-electron chi connectivity index (χ2n) is 6.90. The molecule has 3 N–H and O–H groups in total. The summed E-state index contributed by atoms with van der Waals surface area (Å²) in [5, 5.41) is 3.93. The van der Waals surface area contributed by atoms with Gasteiger partial charge in [0, 0.05) is 13.0 Å². The summed E-state index contributed by atoms with van der Waals surface area (Å²) in [6.45, 7) is 5.74. The van der Waals surface area contributed by atoms with Gasteiger partial charge in [-0.15, -0.1) is 12.4 Å². The highest BCUT2D eigenvalue weighted by Gasteiger charge is 2.38. The first kappa shape index (κ1) is 20.8. The van der Waals surface area contributed by atoms with Crippen molar-refractivity contribution in [2.45, 2.75) is 56.9 Å². The summed E-state index contributed by atoms with van der Waals surface area (Å²) in [5.74, 6) is 0.911. The van der Waals surface area contributed by atoms with Gasteiger partial charge in [0.15, 0.2) is 5.82 Å². The fourth-order valence-corrected chi connectivity index (χ4v) is 4.78. The van der Waals surface area contributed by atoms with Crippen molar-refractivity contribution >= 4 is 22.4 Å². The van der Waals surface area contributed by atoms with Gasteiger partial charge in [0.1, 0.15) is 0 Å². The third-order valence-corrected chi connectivity index (χ3v) is 6.43. The summed E-state index contributed by atoms with van der Waals surface area (Å²) < 4.78 is 33.0. The van der Waals surface area contributed by atoms with Gasteiger partial charge in [-0.3, -0.25) is 0 Å². The number of nitrogens with two attached hydrogens (primary N) is 1. The van der Waals surface area contributed by atoms with E-state index in [2.05, 4.69) is 14.9 Å². The second kappa shape index (κ2) is 7.64. The maximum absolute atomic E-state index is 12.6. The van der Waals surface area contributed by atoms with Crippen LogP contribution < -0.4 is 10.5 Å². The zero-order valence-electron chi connectivity index (χ0n) is 15.2. The maximum atomic E-state index is 12.6. The minimum Gasteiger partial charge on any atom is -0.339 e. The lowest BCUT2D eigenvalue weighted by Gasteiger charge is -2.34. The SMILES string of the molecule is Cc1cc(C)c(S(=O)(=O)NCCc2nc(C3(N)CCC3)no2)c(C)c1.Cl. The molecule has 1 aromatic heterocycles. The molecule has 1 aliphatic rings. The van der Waals surface area contributed by atoms with E-state index in [4.69, 9.17) is 10.3 Å². The highest BCUT2D eigenvalue weighted by molar-refractivity contribution is 7.89. The van der Waals surface area contributed by atoms with E-state index in [0.29, 0.717) is 23.0 Å². The largest absolute Gasteiger partial charge is 0.339 e. The molecule has 0 saturated heterocycles. The third-order valence-electron chi connectivity index (χ3n) is 4.66. The van der Waals surface area contributed by atoms with Gasteiger partial charge in [-0.1, -0.05) is 22.9 Å². The average Bonchev–Trinajstić information content (AvgIpc) is 2.92. The average molecular weight is 401 g/mol. The first-order valence-corrected chi connectivity index (χ1v) is 9.89. The summed E-state index contributed by atoms with van der Waals surface area (Å²) >= 11 is 0. The molecular formula is C17H25ClN4O3S. The molecule has 1 fully saturated rings. The van der Waals surface area contributed by atoms with E-state index in [1.54, 1.807) is 13.8 Å². The Balaban J connectivity index is 0.00000243. The monoisotopic (exact) mass is 400 g/mol. The zero-order chi connectivity index (χ0) is 18.2. The topological polar surface area (TPSA) is 111 Å². The number of benzene rings is 1. The molecule has 9 heteroatoms. The van der Waals surface area contributed by atoms with Gasteiger partial charge < -0.3 is 10.3 Å². The Morgan fingerprint density at radius 3 is 2.38 bits per heavy atom. The molecule has 0 spiro atoms. The van der Waals surface area contributed by atoms with Crippen molar-refractivity contribution in [2.24, 2.45) is 5.73 Å². The quantitative estimate of drug-likeness (QED) is 0.769. The lowest BCUT2D eigenvalue weighted by atomic mass is 9.77. The van der Waals surface area contributed by atoms with Crippen molar-refractivity contribution in [3.8, 4) is 0 Å². The van der Waals surface area contributed by atoms with Gasteiger partial charge in [0.25, 0.3) is 0 Å². The Morgan fingerprint density at radius 1 is 1.23 bits per heavy atom. The molecule has 26 heavy (non-hydrogen) atoms. The highest BCUT2D eigenvalue weighted by Crippen LogP contribution is 2.36. The van der Waals surface area contributed by atoms with E-state index in [9.17, 15) is 8.42 Å². The van der Waals surface area contributed by atoms with Gasteiger partial charge in [-0.25, -0.2) is 13.1 Å². The van der Waals surface area contributed by atoms with E-state index >= 15 is 0 Å². The number of rotatable bonds is 6. The van der Waals surface area contributed by atoms with Crippen LogP contribution in [0.15, 0.2) is 21.6 Å². The Bertz CT molecular complexity index is 868. The summed E-state index contributed by atoms with van der Waals surface area (Å²) in [6, 6.07) is 3.73. The Hall–Kier alpha value is -1.48. The Kier molecular flexibility index (Phi) is 6.12. The van der Waals surface area contributed by atoms with E-state index in [-0.39, 0.29) is 19.0 Å². The minimum atomic E-state index is -3.59. The zero-order valence-corrected chi connectivity index (χ0v) is 16.8. The third kappa shape index (κ3) is 4.09. The number of hydrogen-bond acceptors (Lipinski definition) is 6. The molecule has 7 nitrogen and oxygen atoms in total. The minimum absolute atomic E-state index is 0. The van der Waals surface area contributed by atoms with E-state index in [1.807, 2.05) is 19.1 Å². The van der Waals surface area contributed by atoms with Crippen LogP contribution in [0.25, 0.3) is 0 Å². The molecule has 0 radical (unpaired) electrons. The smallest absolute Gasteiger partial charge is 0.241 e. The van der Waals surface area contributed by atoms with Crippen LogP contribution in [-0.2, 0) is 22.0 Å². The standard InChI is InChI=1S/C17H24N4O3S.ClH/c1-11-9-12(2)15(13(3)10-11)25(22,23)19-8-5-14-20-16(21-24-14)17(18)6-4-7-17;/h9-10,19H,4-8,18H2,1-3H3;1H. The van der Waals surface area contributed by atoms with Crippen molar-refractivity contribution < 1.29 is 12.9 Å². The Labute approximate surface area is 160 Å². The first-order valence-electron chi connectivity index (χ1n) is 8.41. The van der Waals surface area contributed by atoms with E-state index in [0.717, 1.165) is 36.0 Å². The molecule has 0 amide bonds. The van der Waals surface area contributed by atoms with Crippen LogP contribution >= 0.6 is 12.4 Å². The molecule has 144 valence electrons. The molecule has 0 aliphatic heterocycles. The number of aryl methyl sites for hydroxylation is 3. The number of nitrogens with one attached hydrogen (secondary N) is 1. The van der Waals surface area contributed by atoms with Crippen LogP contribution in [0, 0.1) is 20.8 Å². The summed E-state index contributed by atoms with van der Waals surface area (Å²) in [5.41, 5.74) is 8.20. The molecule has 0 bridgehead atoms. The number of hydrogen-bond donors (Lipinski definition) is 2. The molecule has 0 unspecified atom stereocenters. The van der Waals surface area contributed by atoms with E-state index < -0.39 is 15.6 Å². The molecule has 1 saturated carbocycles. The summed E-state index contributed by atoms with van der Waals surface area (Å²) in [7, 11) is -3.59. The molecule has 1 aliphatic carbocycles. The van der Waals surface area contributed by atoms with Gasteiger partial charge >= 0.3 is 0 Å². The highest BCUT2D eigenvalue weighted by atomic mass is 35.5. The normalized spacial score (nSPS) is 16.0. The fourth-order valence-electron chi connectivity index (χ4n) is 3.30. The van der Waals surface area contributed by atoms with Crippen LogP contribution in [0.5, 0.6) is 0 Å². The number of sulfonamides is 1. The number of halogens is 1. The van der Waals surface area contributed by atoms with Crippen LogP contribution in [0.2, 0.25) is 0 Å². The molecule has 1 aromatic carbocycles. The lowest BCUT2D eigenvalue weighted by molar-refractivity contribution is 0.229. The predicted octanol–water partition coefficient (Wildman–Crippen LogP) is 2.28. The molecule has 0 atom stereocenters. The van der Waals surface area contributed by atoms with Crippen molar-refractivity contribution in [2.75, 3.05) is 6.54 Å². The first-order chi connectivity index (χ1) is 11.7. The van der Waals surface area contributed by atoms with Crippen molar-refractivity contribution in [1.82, 2.24) is 14.9 Å². The van der Waals surface area contributed by atoms with Crippen LogP contribution in [0.1, 0.15) is 47.7 Å². The molecule has 3 rings (SSSR count). The summed E-state index contributed by atoms with van der Waals surface area (Å²) in [4.78, 5) is 4.64. The van der Waals surface area contributed by atoms with Crippen LogP contribution in [0.4, 0.5) is 0 Å². The van der Waals surface area contributed by atoms with Gasteiger partial charge in [-0.2, -0.15) is 4.98 Å². The van der Waals surface area contributed by atoms with Gasteiger partial charge in [-0.05, 0) is 51.2 Å². The van der Waals surface area contributed by atoms with Crippen molar-refractivity contribution in [3.63, 3.8) is 0 Å². The summed E-state index contributed by atoms with van der Waals surface area (Å²) in [6.07, 6.45) is 3.09. The fraction of sp³-hybridized carbons (Fsp3) is 0.529. The van der Waals surface area contributed by atoms with E-state index in [1.165, 1.54) is 0 Å². The lowest BCUT2D eigenvalue weighted by Crippen LogP contribution is -2.44. The number of nitrogens with zero attached hydrogens (tertiary/aromatic N) is 2. The van der Waals surface area contributed by atoms with Gasteiger partial charge in [0.2, 0.25) is 15.9 Å². The van der Waals surface area contributed by atoms with Crippen molar-refractivity contribution in [1.29, 1.82) is 0 Å². The van der Waals surface area contributed by atoms with Crippen LogP contribution in [0.3, 0.4) is 0 Å². The van der Waals surface area contributed by atoms with Crippen LogP contribution in [-0.4, -0.2) is 25.1 Å². The molecule has 2 aromatic rings. The molecule has 1 heterocycles. The van der Waals surface area contributed by atoms with Gasteiger partial charge in [0.05, 0.1) is 10.4 Å². The number of aromatic nitrogens is 2. The molecular weight excluding hydrogens is 376 g/mol. The predicted molar refractivity (Wildman–Crippen MR) is 101 cm³/mol. The maximum Gasteiger partial charge on any atom is 0.241 e. The second-order valence-corrected chi connectivity index (χ2v) is 8.60. The Morgan fingerprint density at radius 2 is 1.85 bits per heavy atom.